The van der Waals surface area contributed by atoms with E-state index in [0.717, 1.165) is 11.3 Å². The Labute approximate surface area is 117 Å². The number of nitrogens with one attached hydrogen (secondary N) is 2. The van der Waals surface area contributed by atoms with Gasteiger partial charge in [0.25, 0.3) is 5.69 Å². The number of aryl methyl sites for hydroxylation is 1. The van der Waals surface area contributed by atoms with Gasteiger partial charge in [-0.2, -0.15) is 0 Å². The van der Waals surface area contributed by atoms with Crippen molar-refractivity contribution in [3.05, 3.63) is 52.1 Å². The van der Waals surface area contributed by atoms with Gasteiger partial charge in [-0.05, 0) is 31.5 Å². The van der Waals surface area contributed by atoms with Crippen molar-refractivity contribution in [2.45, 2.75) is 13.8 Å². The quantitative estimate of drug-likeness (QED) is 0.643. The van der Waals surface area contributed by atoms with Crippen LogP contribution in [0.3, 0.4) is 0 Å². The van der Waals surface area contributed by atoms with Gasteiger partial charge in [-0.15, -0.1) is 0 Å². The lowest BCUT2D eigenvalue weighted by Crippen LogP contribution is -2.03. The molecule has 0 unspecified atom stereocenters. The van der Waals surface area contributed by atoms with E-state index in [4.69, 9.17) is 0 Å². The molecule has 104 valence electrons. The zero-order valence-corrected chi connectivity index (χ0v) is 11.4. The van der Waals surface area contributed by atoms with Crippen molar-refractivity contribution in [3.8, 4) is 0 Å². The molecule has 0 saturated heterocycles. The number of rotatable bonds is 5. The third kappa shape index (κ3) is 3.44. The standard InChI is InChI=1S/C14H16N4O2/c1-3-15-13-8-12(18(19)20)9-14(17-13)16-11-6-4-5-10(2)7-11/h4-9H,3H2,1-2H3,(H2,15,16,17). The molecule has 2 rings (SSSR count). The summed E-state index contributed by atoms with van der Waals surface area (Å²) in [4.78, 5) is 14.8. The number of pyridine rings is 1. The van der Waals surface area contributed by atoms with E-state index in [0.29, 0.717) is 18.2 Å². The maximum absolute atomic E-state index is 10.9. The third-order valence-corrected chi connectivity index (χ3v) is 2.67. The van der Waals surface area contributed by atoms with Gasteiger partial charge in [0.1, 0.15) is 11.6 Å². The lowest BCUT2D eigenvalue weighted by atomic mass is 10.2. The molecule has 0 aliphatic carbocycles. The van der Waals surface area contributed by atoms with Crippen molar-refractivity contribution in [2.24, 2.45) is 0 Å². The van der Waals surface area contributed by atoms with Gasteiger partial charge >= 0.3 is 0 Å². The van der Waals surface area contributed by atoms with Crippen molar-refractivity contribution in [1.29, 1.82) is 0 Å². The molecule has 2 aromatic rings. The van der Waals surface area contributed by atoms with Crippen LogP contribution in [-0.2, 0) is 0 Å². The molecule has 0 amide bonds. The zero-order chi connectivity index (χ0) is 14.5. The van der Waals surface area contributed by atoms with Gasteiger partial charge in [-0.25, -0.2) is 4.98 Å². The predicted molar refractivity (Wildman–Crippen MR) is 79.5 cm³/mol. The summed E-state index contributed by atoms with van der Waals surface area (Å²) in [5, 5.41) is 17.0. The van der Waals surface area contributed by atoms with Crippen LogP contribution >= 0.6 is 0 Å². The monoisotopic (exact) mass is 272 g/mol. The molecule has 2 N–H and O–H groups in total. The molecule has 1 aromatic heterocycles. The average Bonchev–Trinajstić information content (AvgIpc) is 2.38. The van der Waals surface area contributed by atoms with E-state index < -0.39 is 4.92 Å². The molecule has 1 heterocycles. The molecule has 0 aliphatic rings. The fourth-order valence-electron chi connectivity index (χ4n) is 1.83. The second kappa shape index (κ2) is 6.01. The number of hydrogen-bond acceptors (Lipinski definition) is 5. The highest BCUT2D eigenvalue weighted by molar-refractivity contribution is 5.62. The van der Waals surface area contributed by atoms with Crippen LogP contribution in [0.25, 0.3) is 0 Å². The van der Waals surface area contributed by atoms with E-state index in [1.165, 1.54) is 12.1 Å². The van der Waals surface area contributed by atoms with Crippen LogP contribution in [0.2, 0.25) is 0 Å². The van der Waals surface area contributed by atoms with Crippen molar-refractivity contribution in [2.75, 3.05) is 17.2 Å². The largest absolute Gasteiger partial charge is 0.370 e. The first-order valence-corrected chi connectivity index (χ1v) is 6.32. The Bertz CT molecular complexity index is 628. The fraction of sp³-hybridized carbons (Fsp3) is 0.214. The number of hydrogen-bond donors (Lipinski definition) is 2. The van der Waals surface area contributed by atoms with Crippen LogP contribution in [0.5, 0.6) is 0 Å². The van der Waals surface area contributed by atoms with Gasteiger partial charge in [0.05, 0.1) is 17.1 Å². The summed E-state index contributed by atoms with van der Waals surface area (Å²) < 4.78 is 0. The molecule has 0 aliphatic heterocycles. The van der Waals surface area contributed by atoms with E-state index in [-0.39, 0.29) is 5.69 Å². The summed E-state index contributed by atoms with van der Waals surface area (Å²) in [6.45, 7) is 4.54. The SMILES string of the molecule is CCNc1cc([N+](=O)[O-])cc(Nc2cccc(C)c2)n1. The van der Waals surface area contributed by atoms with E-state index in [1.807, 2.05) is 38.1 Å². The highest BCUT2D eigenvalue weighted by atomic mass is 16.6. The van der Waals surface area contributed by atoms with E-state index >= 15 is 0 Å². The molecule has 1 aromatic carbocycles. The summed E-state index contributed by atoms with van der Waals surface area (Å²) >= 11 is 0. The molecule has 0 atom stereocenters. The highest BCUT2D eigenvalue weighted by Crippen LogP contribution is 2.23. The minimum absolute atomic E-state index is 0.00565. The van der Waals surface area contributed by atoms with Crippen molar-refractivity contribution >= 4 is 23.0 Å². The molecular formula is C14H16N4O2. The van der Waals surface area contributed by atoms with Crippen LogP contribution in [0.15, 0.2) is 36.4 Å². The Kier molecular flexibility index (Phi) is 4.14. The van der Waals surface area contributed by atoms with Crippen LogP contribution < -0.4 is 10.6 Å². The Morgan fingerprint density at radius 3 is 2.65 bits per heavy atom. The molecule has 20 heavy (non-hydrogen) atoms. The molecular weight excluding hydrogens is 256 g/mol. The Morgan fingerprint density at radius 1 is 1.25 bits per heavy atom. The van der Waals surface area contributed by atoms with Crippen molar-refractivity contribution < 1.29 is 4.92 Å². The van der Waals surface area contributed by atoms with Gasteiger partial charge in [0, 0.05) is 12.2 Å². The fourth-order valence-corrected chi connectivity index (χ4v) is 1.83. The van der Waals surface area contributed by atoms with Gasteiger partial charge in [0.2, 0.25) is 0 Å². The molecule has 0 saturated carbocycles. The third-order valence-electron chi connectivity index (χ3n) is 2.67. The molecule has 0 fully saturated rings. The first-order chi connectivity index (χ1) is 9.58. The highest BCUT2D eigenvalue weighted by Gasteiger charge is 2.11. The predicted octanol–water partition coefficient (Wildman–Crippen LogP) is 3.47. The van der Waals surface area contributed by atoms with Crippen LogP contribution in [0, 0.1) is 17.0 Å². The maximum atomic E-state index is 10.9. The second-order valence-corrected chi connectivity index (χ2v) is 4.38. The number of anilines is 3. The minimum atomic E-state index is -0.427. The lowest BCUT2D eigenvalue weighted by Gasteiger charge is -2.09. The van der Waals surface area contributed by atoms with Gasteiger partial charge in [-0.1, -0.05) is 12.1 Å². The molecule has 0 radical (unpaired) electrons. The van der Waals surface area contributed by atoms with Crippen LogP contribution in [-0.4, -0.2) is 16.5 Å². The van der Waals surface area contributed by atoms with Gasteiger partial charge < -0.3 is 10.6 Å². The zero-order valence-electron chi connectivity index (χ0n) is 11.4. The van der Waals surface area contributed by atoms with Crippen LogP contribution in [0.1, 0.15) is 12.5 Å². The number of nitrogens with zero attached hydrogens (tertiary/aromatic N) is 2. The van der Waals surface area contributed by atoms with Gasteiger partial charge in [-0.3, -0.25) is 10.1 Å². The molecule has 6 heteroatoms. The number of benzene rings is 1. The van der Waals surface area contributed by atoms with Gasteiger partial charge in [0.15, 0.2) is 0 Å². The van der Waals surface area contributed by atoms with E-state index in [9.17, 15) is 10.1 Å². The van der Waals surface area contributed by atoms with E-state index in [2.05, 4.69) is 15.6 Å². The number of nitro groups is 1. The summed E-state index contributed by atoms with van der Waals surface area (Å²) in [7, 11) is 0. The number of aromatic nitrogens is 1. The minimum Gasteiger partial charge on any atom is -0.370 e. The summed E-state index contributed by atoms with van der Waals surface area (Å²) in [5.41, 5.74) is 1.96. The first-order valence-electron chi connectivity index (χ1n) is 6.32. The average molecular weight is 272 g/mol. The van der Waals surface area contributed by atoms with Crippen LogP contribution in [0.4, 0.5) is 23.0 Å². The molecule has 0 spiro atoms. The lowest BCUT2D eigenvalue weighted by molar-refractivity contribution is -0.384. The Morgan fingerprint density at radius 2 is 2.00 bits per heavy atom. The summed E-state index contributed by atoms with van der Waals surface area (Å²) in [6, 6.07) is 10.6. The second-order valence-electron chi connectivity index (χ2n) is 4.38. The normalized spacial score (nSPS) is 10.1. The Balaban J connectivity index is 2.32. The summed E-state index contributed by atoms with van der Waals surface area (Å²) in [5.74, 6) is 0.928. The first kappa shape index (κ1) is 13.8. The van der Waals surface area contributed by atoms with Crippen molar-refractivity contribution in [3.63, 3.8) is 0 Å². The summed E-state index contributed by atoms with van der Waals surface area (Å²) in [6.07, 6.45) is 0. The molecule has 6 nitrogen and oxygen atoms in total. The smallest absolute Gasteiger partial charge is 0.276 e. The molecule has 0 bridgehead atoms. The van der Waals surface area contributed by atoms with E-state index in [1.54, 1.807) is 0 Å². The maximum Gasteiger partial charge on any atom is 0.276 e. The topological polar surface area (TPSA) is 80.1 Å². The Hall–Kier alpha value is -2.63. The van der Waals surface area contributed by atoms with Crippen molar-refractivity contribution in [1.82, 2.24) is 4.98 Å².